The van der Waals surface area contributed by atoms with Gasteiger partial charge in [-0.1, -0.05) is 34.1 Å². The van der Waals surface area contributed by atoms with Gasteiger partial charge >= 0.3 is 5.97 Å². The zero-order chi connectivity index (χ0) is 20.4. The molecular weight excluding hydrogens is 360 g/mol. The van der Waals surface area contributed by atoms with E-state index in [0.29, 0.717) is 6.42 Å². The van der Waals surface area contributed by atoms with Crippen LogP contribution in [0.25, 0.3) is 0 Å². The Morgan fingerprint density at radius 3 is 2.08 bits per heavy atom. The van der Waals surface area contributed by atoms with E-state index in [1.807, 2.05) is 6.92 Å². The number of thiol groups is 1. The van der Waals surface area contributed by atoms with Crippen LogP contribution in [0.3, 0.4) is 0 Å². The van der Waals surface area contributed by atoms with Crippen molar-refractivity contribution in [2.24, 2.45) is 17.6 Å². The molecule has 0 aliphatic rings. The van der Waals surface area contributed by atoms with Gasteiger partial charge in [0.2, 0.25) is 17.7 Å². The predicted molar refractivity (Wildman–Crippen MR) is 101 cm³/mol. The molecule has 0 saturated heterocycles. The van der Waals surface area contributed by atoms with Crippen molar-refractivity contribution in [1.29, 1.82) is 0 Å². The predicted octanol–water partition coefficient (Wildman–Crippen LogP) is -0.884. The molecule has 9 nitrogen and oxygen atoms in total. The number of carboxylic acid groups (broad SMARTS) is 1. The third-order valence-corrected chi connectivity index (χ3v) is 4.42. The van der Waals surface area contributed by atoms with Crippen LogP contribution in [0.15, 0.2) is 0 Å². The van der Waals surface area contributed by atoms with Crippen LogP contribution in [0.5, 0.6) is 0 Å². The Kier molecular flexibility index (Phi) is 10.9. The number of carbonyl (C=O) groups is 4. The Balaban J connectivity index is 4.62. The second-order valence-corrected chi connectivity index (χ2v) is 6.87. The van der Waals surface area contributed by atoms with Gasteiger partial charge in [-0.3, -0.25) is 14.4 Å². The van der Waals surface area contributed by atoms with Crippen molar-refractivity contribution in [3.05, 3.63) is 0 Å². The van der Waals surface area contributed by atoms with E-state index in [9.17, 15) is 19.2 Å². The molecule has 6 N–H and O–H groups in total. The number of carboxylic acids is 1. The summed E-state index contributed by atoms with van der Waals surface area (Å²) in [5.74, 6) is -3.19. The zero-order valence-corrected chi connectivity index (χ0v) is 16.5. The number of rotatable bonds is 11. The molecule has 0 fully saturated rings. The minimum absolute atomic E-state index is 0.0224. The molecule has 0 saturated carbocycles. The Labute approximate surface area is 159 Å². The second kappa shape index (κ2) is 11.7. The van der Waals surface area contributed by atoms with Crippen LogP contribution in [0.4, 0.5) is 0 Å². The summed E-state index contributed by atoms with van der Waals surface area (Å²) in [5, 5.41) is 16.4. The molecule has 0 radical (unpaired) electrons. The average Bonchev–Trinajstić information content (AvgIpc) is 2.59. The van der Waals surface area contributed by atoms with Gasteiger partial charge in [-0.15, -0.1) is 0 Å². The number of hydrogen-bond acceptors (Lipinski definition) is 6. The molecule has 0 rings (SSSR count). The van der Waals surface area contributed by atoms with Gasteiger partial charge in [0.05, 0.1) is 12.6 Å². The van der Waals surface area contributed by atoms with Crippen molar-refractivity contribution in [3.8, 4) is 0 Å². The zero-order valence-electron chi connectivity index (χ0n) is 15.6. The minimum atomic E-state index is -1.14. The van der Waals surface area contributed by atoms with Gasteiger partial charge < -0.3 is 26.8 Å². The van der Waals surface area contributed by atoms with Crippen LogP contribution in [0.2, 0.25) is 0 Å². The first kappa shape index (κ1) is 24.2. The quantitative estimate of drug-likeness (QED) is 0.252. The molecule has 4 atom stereocenters. The van der Waals surface area contributed by atoms with Gasteiger partial charge in [0, 0.05) is 5.75 Å². The highest BCUT2D eigenvalue weighted by Gasteiger charge is 2.27. The standard InChI is InChI=1S/C16H30N4O5S/c1-5-9(4)13(16(24)25)20-11(21)6-18-14(22)10(7-26)19-15(23)12(17)8(2)3/h8-10,12-13,26H,5-7,17H2,1-4H3,(H,18,22)(H,19,23)(H,20,21)(H,24,25). The van der Waals surface area contributed by atoms with E-state index in [1.165, 1.54) is 0 Å². The highest BCUT2D eigenvalue weighted by Crippen LogP contribution is 2.07. The lowest BCUT2D eigenvalue weighted by atomic mass is 9.99. The lowest BCUT2D eigenvalue weighted by Gasteiger charge is -2.22. The molecule has 0 spiro atoms. The molecular formula is C16H30N4O5S. The summed E-state index contributed by atoms with van der Waals surface area (Å²) in [6.07, 6.45) is 0.577. The van der Waals surface area contributed by atoms with E-state index in [2.05, 4.69) is 28.6 Å². The second-order valence-electron chi connectivity index (χ2n) is 6.50. The van der Waals surface area contributed by atoms with Crippen LogP contribution in [-0.4, -0.2) is 59.2 Å². The maximum Gasteiger partial charge on any atom is 0.326 e. The summed E-state index contributed by atoms with van der Waals surface area (Å²) in [6.45, 7) is 6.68. The fraction of sp³-hybridized carbons (Fsp3) is 0.750. The van der Waals surface area contributed by atoms with Crippen LogP contribution in [0.1, 0.15) is 34.1 Å². The summed E-state index contributed by atoms with van der Waals surface area (Å²) in [4.78, 5) is 47.1. The lowest BCUT2D eigenvalue weighted by molar-refractivity contribution is -0.143. The third kappa shape index (κ3) is 8.05. The van der Waals surface area contributed by atoms with E-state index in [4.69, 9.17) is 10.8 Å². The monoisotopic (exact) mass is 390 g/mol. The highest BCUT2D eigenvalue weighted by atomic mass is 32.1. The minimum Gasteiger partial charge on any atom is -0.480 e. The van der Waals surface area contributed by atoms with Gasteiger partial charge in [-0.25, -0.2) is 4.79 Å². The Morgan fingerprint density at radius 2 is 1.65 bits per heavy atom. The van der Waals surface area contributed by atoms with Crippen molar-refractivity contribution < 1.29 is 24.3 Å². The van der Waals surface area contributed by atoms with E-state index < -0.39 is 48.4 Å². The van der Waals surface area contributed by atoms with E-state index in [-0.39, 0.29) is 17.6 Å². The molecule has 4 unspecified atom stereocenters. The van der Waals surface area contributed by atoms with Gasteiger partial charge in [-0.05, 0) is 11.8 Å². The molecule has 0 aliphatic carbocycles. The molecule has 0 aromatic rings. The number of nitrogens with one attached hydrogen (secondary N) is 3. The third-order valence-electron chi connectivity index (χ3n) is 4.06. The van der Waals surface area contributed by atoms with Gasteiger partial charge in [0.15, 0.2) is 0 Å². The molecule has 0 bridgehead atoms. The Bertz CT molecular complexity index is 515. The fourth-order valence-electron chi connectivity index (χ4n) is 1.96. The van der Waals surface area contributed by atoms with Crippen molar-refractivity contribution in [1.82, 2.24) is 16.0 Å². The normalized spacial score (nSPS) is 15.5. The number of amides is 3. The summed E-state index contributed by atoms with van der Waals surface area (Å²) in [6, 6.07) is -2.75. The molecule has 0 aliphatic heterocycles. The molecule has 10 heteroatoms. The van der Waals surface area contributed by atoms with Crippen LogP contribution >= 0.6 is 12.6 Å². The molecule has 26 heavy (non-hydrogen) atoms. The lowest BCUT2D eigenvalue weighted by Crippen LogP contribution is -2.55. The molecule has 0 heterocycles. The Morgan fingerprint density at radius 1 is 1.08 bits per heavy atom. The first-order chi connectivity index (χ1) is 12.0. The van der Waals surface area contributed by atoms with Crippen molar-refractivity contribution >= 4 is 36.3 Å². The summed E-state index contributed by atoms with van der Waals surface area (Å²) < 4.78 is 0. The number of hydrogen-bond donors (Lipinski definition) is 6. The first-order valence-electron chi connectivity index (χ1n) is 8.51. The number of nitrogens with two attached hydrogens (primary N) is 1. The molecule has 0 aromatic carbocycles. The van der Waals surface area contributed by atoms with Crippen molar-refractivity contribution in [2.45, 2.75) is 52.2 Å². The topological polar surface area (TPSA) is 151 Å². The Hall–Kier alpha value is -1.81. The van der Waals surface area contributed by atoms with Gasteiger partial charge in [0.1, 0.15) is 12.1 Å². The van der Waals surface area contributed by atoms with Crippen LogP contribution < -0.4 is 21.7 Å². The smallest absolute Gasteiger partial charge is 0.326 e. The van der Waals surface area contributed by atoms with E-state index in [1.54, 1.807) is 20.8 Å². The SMILES string of the molecule is CCC(C)C(NC(=O)CNC(=O)C(CS)NC(=O)C(N)C(C)C)C(=O)O. The van der Waals surface area contributed by atoms with E-state index >= 15 is 0 Å². The maximum atomic E-state index is 12.1. The van der Waals surface area contributed by atoms with Crippen LogP contribution in [-0.2, 0) is 19.2 Å². The summed E-state index contributed by atoms with van der Waals surface area (Å²) >= 11 is 4.02. The number of carbonyl (C=O) groups excluding carboxylic acids is 3. The van der Waals surface area contributed by atoms with Crippen molar-refractivity contribution in [3.63, 3.8) is 0 Å². The van der Waals surface area contributed by atoms with Gasteiger partial charge in [-0.2, -0.15) is 12.6 Å². The average molecular weight is 391 g/mol. The molecule has 0 aromatic heterocycles. The number of aliphatic carboxylic acids is 1. The molecule has 150 valence electrons. The van der Waals surface area contributed by atoms with Crippen molar-refractivity contribution in [2.75, 3.05) is 12.3 Å². The highest BCUT2D eigenvalue weighted by molar-refractivity contribution is 7.80. The fourth-order valence-corrected chi connectivity index (χ4v) is 2.22. The van der Waals surface area contributed by atoms with Gasteiger partial charge in [0.25, 0.3) is 0 Å². The maximum absolute atomic E-state index is 12.1. The van der Waals surface area contributed by atoms with Crippen LogP contribution in [0, 0.1) is 11.8 Å². The van der Waals surface area contributed by atoms with E-state index in [0.717, 1.165) is 0 Å². The first-order valence-corrected chi connectivity index (χ1v) is 9.14. The summed E-state index contributed by atoms with van der Waals surface area (Å²) in [7, 11) is 0. The largest absolute Gasteiger partial charge is 0.480 e. The summed E-state index contributed by atoms with van der Waals surface area (Å²) in [5.41, 5.74) is 5.72. The molecule has 3 amide bonds.